The molecule has 7 heteroatoms. The maximum atomic E-state index is 12.2. The van der Waals surface area contributed by atoms with Crippen molar-refractivity contribution >= 4 is 46.6 Å². The number of ether oxygens (including phenoxy) is 1. The number of halogens is 1. The minimum absolute atomic E-state index is 0.00255. The van der Waals surface area contributed by atoms with Crippen LogP contribution in [0.2, 0.25) is 5.02 Å². The van der Waals surface area contributed by atoms with E-state index in [0.717, 1.165) is 17.0 Å². The third-order valence-corrected chi connectivity index (χ3v) is 4.67. The maximum Gasteiger partial charge on any atom is 0.234 e. The molecular weight excluding hydrogens is 372 g/mol. The van der Waals surface area contributed by atoms with E-state index in [-0.39, 0.29) is 17.6 Å². The molecule has 2 rings (SSSR count). The van der Waals surface area contributed by atoms with Crippen LogP contribution in [0.1, 0.15) is 19.8 Å². The maximum absolute atomic E-state index is 12.2. The summed E-state index contributed by atoms with van der Waals surface area (Å²) in [5.41, 5.74) is 1.29. The predicted molar refractivity (Wildman–Crippen MR) is 107 cm³/mol. The molecule has 0 heterocycles. The highest BCUT2D eigenvalue weighted by molar-refractivity contribution is 8.00. The summed E-state index contributed by atoms with van der Waals surface area (Å²) in [5, 5.41) is 6.15. The molecular formula is C19H21ClN2O3S. The lowest BCUT2D eigenvalue weighted by molar-refractivity contribution is -0.116. The van der Waals surface area contributed by atoms with Crippen molar-refractivity contribution in [3.05, 3.63) is 47.5 Å². The van der Waals surface area contributed by atoms with Gasteiger partial charge in [0.05, 0.1) is 18.6 Å². The Labute approximate surface area is 162 Å². The third kappa shape index (κ3) is 6.28. The summed E-state index contributed by atoms with van der Waals surface area (Å²) in [4.78, 5) is 24.7. The average Bonchev–Trinajstić information content (AvgIpc) is 2.61. The van der Waals surface area contributed by atoms with Crippen LogP contribution in [0.5, 0.6) is 5.75 Å². The Hall–Kier alpha value is -2.18. The summed E-state index contributed by atoms with van der Waals surface area (Å²) in [6.07, 6.45) is 1.32. The fourth-order valence-corrected chi connectivity index (χ4v) is 3.07. The Morgan fingerprint density at radius 3 is 2.46 bits per heavy atom. The van der Waals surface area contributed by atoms with Gasteiger partial charge in [-0.1, -0.05) is 18.5 Å². The fraction of sp³-hybridized carbons (Fsp3) is 0.263. The van der Waals surface area contributed by atoms with Crippen LogP contribution in [-0.2, 0) is 9.59 Å². The predicted octanol–water partition coefficient (Wildman–Crippen LogP) is 4.82. The molecule has 2 N–H and O–H groups in total. The topological polar surface area (TPSA) is 67.4 Å². The molecule has 0 aromatic heterocycles. The molecule has 0 radical (unpaired) electrons. The van der Waals surface area contributed by atoms with Crippen molar-refractivity contribution in [3.63, 3.8) is 0 Å². The van der Waals surface area contributed by atoms with Crippen molar-refractivity contribution in [1.29, 1.82) is 0 Å². The summed E-state index contributed by atoms with van der Waals surface area (Å²) >= 11 is 7.36. The quantitative estimate of drug-likeness (QED) is 0.632. The Bertz CT molecular complexity index is 766. The van der Waals surface area contributed by atoms with Gasteiger partial charge in [0.2, 0.25) is 11.8 Å². The van der Waals surface area contributed by atoms with Crippen molar-refractivity contribution in [1.82, 2.24) is 0 Å². The van der Waals surface area contributed by atoms with Gasteiger partial charge in [-0.15, -0.1) is 11.8 Å². The van der Waals surface area contributed by atoms with E-state index in [0.29, 0.717) is 22.9 Å². The number of benzene rings is 2. The van der Waals surface area contributed by atoms with Gasteiger partial charge in [0, 0.05) is 22.0 Å². The van der Waals surface area contributed by atoms with Crippen LogP contribution in [0.25, 0.3) is 0 Å². The first-order valence-corrected chi connectivity index (χ1v) is 9.54. The van der Waals surface area contributed by atoms with E-state index in [1.165, 1.54) is 18.9 Å². The summed E-state index contributed by atoms with van der Waals surface area (Å²) in [7, 11) is 1.54. The standard InChI is InChI=1S/C19H21ClN2O3S/c1-3-4-18(23)21-14-6-8-15(9-7-14)26-12-19(24)22-16-11-13(20)5-10-17(16)25-2/h5-11H,3-4,12H2,1-2H3,(H,21,23)(H,22,24). The molecule has 0 aliphatic rings. The Balaban J connectivity index is 1.87. The second-order valence-electron chi connectivity index (χ2n) is 5.50. The first kappa shape index (κ1) is 20.1. The zero-order valence-electron chi connectivity index (χ0n) is 14.7. The molecule has 0 unspecified atom stereocenters. The molecule has 0 bridgehead atoms. The van der Waals surface area contributed by atoms with Crippen molar-refractivity contribution < 1.29 is 14.3 Å². The van der Waals surface area contributed by atoms with Crippen molar-refractivity contribution in [2.24, 2.45) is 0 Å². The minimum Gasteiger partial charge on any atom is -0.495 e. The molecule has 0 spiro atoms. The van der Waals surface area contributed by atoms with Gasteiger partial charge in [0.25, 0.3) is 0 Å². The Morgan fingerprint density at radius 2 is 1.81 bits per heavy atom. The van der Waals surface area contributed by atoms with Gasteiger partial charge in [0.15, 0.2) is 0 Å². The van der Waals surface area contributed by atoms with E-state index < -0.39 is 0 Å². The highest BCUT2D eigenvalue weighted by Crippen LogP contribution is 2.28. The van der Waals surface area contributed by atoms with Gasteiger partial charge in [-0.2, -0.15) is 0 Å². The van der Waals surface area contributed by atoms with Gasteiger partial charge in [-0.3, -0.25) is 9.59 Å². The molecule has 0 atom stereocenters. The zero-order chi connectivity index (χ0) is 18.9. The molecule has 0 aliphatic carbocycles. The Morgan fingerprint density at radius 1 is 1.08 bits per heavy atom. The van der Waals surface area contributed by atoms with Gasteiger partial charge >= 0.3 is 0 Å². The molecule has 2 aromatic carbocycles. The second kappa shape index (κ2) is 10.1. The normalized spacial score (nSPS) is 10.3. The highest BCUT2D eigenvalue weighted by atomic mass is 35.5. The number of hydrogen-bond donors (Lipinski definition) is 2. The van der Waals surface area contributed by atoms with Gasteiger partial charge < -0.3 is 15.4 Å². The number of rotatable bonds is 8. The summed E-state index contributed by atoms with van der Waals surface area (Å²) < 4.78 is 5.21. The van der Waals surface area contributed by atoms with E-state index in [9.17, 15) is 9.59 Å². The number of hydrogen-bond acceptors (Lipinski definition) is 4. The van der Waals surface area contributed by atoms with E-state index in [2.05, 4.69) is 10.6 Å². The fourth-order valence-electron chi connectivity index (χ4n) is 2.20. The molecule has 0 aliphatic heterocycles. The molecule has 138 valence electrons. The van der Waals surface area contributed by atoms with Gasteiger partial charge in [0.1, 0.15) is 5.75 Å². The van der Waals surface area contributed by atoms with Gasteiger partial charge in [-0.05, 0) is 48.9 Å². The number of anilines is 2. The Kier molecular flexibility index (Phi) is 7.81. The van der Waals surface area contributed by atoms with Crippen molar-refractivity contribution in [3.8, 4) is 5.75 Å². The van der Waals surface area contributed by atoms with E-state index in [1.807, 2.05) is 31.2 Å². The highest BCUT2D eigenvalue weighted by Gasteiger charge is 2.09. The molecule has 26 heavy (non-hydrogen) atoms. The lowest BCUT2D eigenvalue weighted by atomic mass is 10.3. The van der Waals surface area contributed by atoms with Crippen LogP contribution < -0.4 is 15.4 Å². The largest absolute Gasteiger partial charge is 0.495 e. The number of carbonyl (C=O) groups is 2. The molecule has 2 aromatic rings. The molecule has 0 saturated heterocycles. The first-order chi connectivity index (χ1) is 12.5. The number of nitrogens with one attached hydrogen (secondary N) is 2. The van der Waals surface area contributed by atoms with Gasteiger partial charge in [-0.25, -0.2) is 0 Å². The van der Waals surface area contributed by atoms with Crippen LogP contribution in [-0.4, -0.2) is 24.7 Å². The average molecular weight is 393 g/mol. The lowest BCUT2D eigenvalue weighted by Gasteiger charge is -2.10. The number of carbonyl (C=O) groups excluding carboxylic acids is 2. The number of thioether (sulfide) groups is 1. The van der Waals surface area contributed by atoms with E-state index >= 15 is 0 Å². The van der Waals surface area contributed by atoms with E-state index in [1.54, 1.807) is 18.2 Å². The molecule has 0 saturated carbocycles. The monoisotopic (exact) mass is 392 g/mol. The summed E-state index contributed by atoms with van der Waals surface area (Å²) in [5.74, 6) is 0.649. The molecule has 0 fully saturated rings. The van der Waals surface area contributed by atoms with Crippen molar-refractivity contribution in [2.75, 3.05) is 23.5 Å². The SMILES string of the molecule is CCCC(=O)Nc1ccc(SCC(=O)Nc2cc(Cl)ccc2OC)cc1. The lowest BCUT2D eigenvalue weighted by Crippen LogP contribution is -2.14. The van der Waals surface area contributed by atoms with Crippen LogP contribution in [0.4, 0.5) is 11.4 Å². The van der Waals surface area contributed by atoms with Crippen LogP contribution in [0, 0.1) is 0 Å². The third-order valence-electron chi connectivity index (χ3n) is 3.42. The minimum atomic E-state index is -0.157. The summed E-state index contributed by atoms with van der Waals surface area (Å²) in [6, 6.07) is 12.5. The van der Waals surface area contributed by atoms with Crippen molar-refractivity contribution in [2.45, 2.75) is 24.7 Å². The summed E-state index contributed by atoms with van der Waals surface area (Å²) in [6.45, 7) is 1.96. The molecule has 2 amide bonds. The number of methoxy groups -OCH3 is 1. The number of amides is 2. The van der Waals surface area contributed by atoms with Crippen LogP contribution >= 0.6 is 23.4 Å². The first-order valence-electron chi connectivity index (χ1n) is 8.18. The molecule has 5 nitrogen and oxygen atoms in total. The van der Waals surface area contributed by atoms with Crippen LogP contribution in [0.15, 0.2) is 47.4 Å². The second-order valence-corrected chi connectivity index (χ2v) is 6.99. The zero-order valence-corrected chi connectivity index (χ0v) is 16.2. The smallest absolute Gasteiger partial charge is 0.234 e. The van der Waals surface area contributed by atoms with E-state index in [4.69, 9.17) is 16.3 Å². The van der Waals surface area contributed by atoms with Crippen LogP contribution in [0.3, 0.4) is 0 Å².